The van der Waals surface area contributed by atoms with Crippen LogP contribution in [0.5, 0.6) is 0 Å². The average molecular weight is 240 g/mol. The van der Waals surface area contributed by atoms with Crippen LogP contribution in [-0.4, -0.2) is 11.5 Å². The summed E-state index contributed by atoms with van der Waals surface area (Å²) in [5, 5.41) is 0. The van der Waals surface area contributed by atoms with Gasteiger partial charge in [0.15, 0.2) is 0 Å². The molecule has 0 saturated carbocycles. The van der Waals surface area contributed by atoms with E-state index >= 15 is 0 Å². The molecule has 1 aromatic carbocycles. The molecule has 0 aliphatic carbocycles. The van der Waals surface area contributed by atoms with Crippen LogP contribution in [0.3, 0.4) is 0 Å². The molecule has 0 aliphatic heterocycles. The van der Waals surface area contributed by atoms with Crippen molar-refractivity contribution in [1.29, 1.82) is 0 Å². The second-order valence-electron chi connectivity index (χ2n) is 3.65. The molecular formula is C13H20S2. The van der Waals surface area contributed by atoms with Crippen molar-refractivity contribution in [3.05, 3.63) is 23.8 Å². The summed E-state index contributed by atoms with van der Waals surface area (Å²) in [5.41, 5.74) is 1.37. The fourth-order valence-electron chi connectivity index (χ4n) is 1.27. The van der Waals surface area contributed by atoms with Gasteiger partial charge in [0.05, 0.1) is 0 Å². The van der Waals surface area contributed by atoms with Gasteiger partial charge in [-0.2, -0.15) is 0 Å². The summed E-state index contributed by atoms with van der Waals surface area (Å²) >= 11 is 3.98. The monoisotopic (exact) mass is 240 g/mol. The van der Waals surface area contributed by atoms with Crippen molar-refractivity contribution in [2.45, 2.75) is 43.4 Å². The van der Waals surface area contributed by atoms with Gasteiger partial charge in [0.2, 0.25) is 0 Å². The Labute approximate surface area is 102 Å². The molecular weight excluding hydrogens is 220 g/mol. The number of benzene rings is 1. The molecule has 0 bridgehead atoms. The van der Waals surface area contributed by atoms with Crippen molar-refractivity contribution in [2.24, 2.45) is 0 Å². The first-order chi connectivity index (χ1) is 7.27. The van der Waals surface area contributed by atoms with Gasteiger partial charge in [0.1, 0.15) is 0 Å². The highest BCUT2D eigenvalue weighted by Crippen LogP contribution is 2.32. The molecule has 0 fully saturated rings. The van der Waals surface area contributed by atoms with E-state index in [4.69, 9.17) is 0 Å². The summed E-state index contributed by atoms with van der Waals surface area (Å²) < 4.78 is 0. The Morgan fingerprint density at radius 3 is 2.13 bits per heavy atom. The Bertz CT molecular complexity index is 295. The van der Waals surface area contributed by atoms with Crippen LogP contribution < -0.4 is 0 Å². The second-order valence-corrected chi connectivity index (χ2v) is 5.92. The van der Waals surface area contributed by atoms with Crippen LogP contribution in [-0.2, 0) is 0 Å². The Hall–Kier alpha value is -0.0800. The van der Waals surface area contributed by atoms with Crippen LogP contribution in [0.15, 0.2) is 28.0 Å². The van der Waals surface area contributed by atoms with Gasteiger partial charge >= 0.3 is 0 Å². The largest absolute Gasteiger partial charge is 0.125 e. The van der Waals surface area contributed by atoms with Crippen molar-refractivity contribution in [1.82, 2.24) is 0 Å². The minimum atomic E-state index is 1.22. The first-order valence-corrected chi connectivity index (χ1v) is 7.61. The first-order valence-electron chi connectivity index (χ1n) is 5.64. The average Bonchev–Trinajstić information content (AvgIpc) is 2.25. The molecule has 15 heavy (non-hydrogen) atoms. The SMILES string of the molecule is CCCSc1ccc(C)cc1SCCC. The number of thioether (sulfide) groups is 2. The quantitative estimate of drug-likeness (QED) is 0.642. The zero-order chi connectivity index (χ0) is 11.1. The summed E-state index contributed by atoms with van der Waals surface area (Å²) in [6.07, 6.45) is 2.49. The van der Waals surface area contributed by atoms with Gasteiger partial charge in [-0.3, -0.25) is 0 Å². The van der Waals surface area contributed by atoms with E-state index in [9.17, 15) is 0 Å². The van der Waals surface area contributed by atoms with Gasteiger partial charge < -0.3 is 0 Å². The van der Waals surface area contributed by atoms with E-state index in [1.54, 1.807) is 0 Å². The van der Waals surface area contributed by atoms with Crippen LogP contribution in [0, 0.1) is 6.92 Å². The van der Waals surface area contributed by atoms with Gasteiger partial charge in [-0.05, 0) is 49.0 Å². The van der Waals surface area contributed by atoms with Crippen molar-refractivity contribution in [2.75, 3.05) is 11.5 Å². The zero-order valence-electron chi connectivity index (χ0n) is 9.88. The van der Waals surface area contributed by atoms with E-state index in [0.29, 0.717) is 0 Å². The van der Waals surface area contributed by atoms with E-state index in [-0.39, 0.29) is 0 Å². The lowest BCUT2D eigenvalue weighted by atomic mass is 10.2. The fraction of sp³-hybridized carbons (Fsp3) is 0.538. The molecule has 0 heterocycles. The highest BCUT2D eigenvalue weighted by Gasteiger charge is 2.03. The van der Waals surface area contributed by atoms with Crippen LogP contribution in [0.1, 0.15) is 32.3 Å². The molecule has 0 aliphatic rings. The standard InChI is InChI=1S/C13H20S2/c1-4-8-14-12-7-6-11(3)10-13(12)15-9-5-2/h6-7,10H,4-5,8-9H2,1-3H3. The third kappa shape index (κ3) is 4.52. The number of hydrogen-bond acceptors (Lipinski definition) is 2. The van der Waals surface area contributed by atoms with Gasteiger partial charge in [-0.25, -0.2) is 0 Å². The molecule has 0 amide bonds. The number of hydrogen-bond donors (Lipinski definition) is 0. The summed E-state index contributed by atoms with van der Waals surface area (Å²) in [6.45, 7) is 6.64. The van der Waals surface area contributed by atoms with E-state index in [2.05, 4.69) is 39.0 Å². The molecule has 84 valence electrons. The Morgan fingerprint density at radius 2 is 1.53 bits per heavy atom. The molecule has 0 spiro atoms. The number of rotatable bonds is 6. The second kappa shape index (κ2) is 7.24. The third-order valence-corrected chi connectivity index (χ3v) is 4.69. The lowest BCUT2D eigenvalue weighted by molar-refractivity contribution is 1.09. The summed E-state index contributed by atoms with van der Waals surface area (Å²) in [7, 11) is 0. The van der Waals surface area contributed by atoms with Crippen molar-refractivity contribution < 1.29 is 0 Å². The highest BCUT2D eigenvalue weighted by molar-refractivity contribution is 8.02. The molecule has 0 saturated heterocycles. The fourth-order valence-corrected chi connectivity index (χ4v) is 3.32. The maximum Gasteiger partial charge on any atom is 0.0211 e. The van der Waals surface area contributed by atoms with E-state index in [1.165, 1.54) is 39.7 Å². The molecule has 0 unspecified atom stereocenters. The van der Waals surface area contributed by atoms with Crippen LogP contribution in [0.2, 0.25) is 0 Å². The summed E-state index contributed by atoms with van der Waals surface area (Å²) in [4.78, 5) is 2.93. The van der Waals surface area contributed by atoms with Crippen molar-refractivity contribution >= 4 is 23.5 Å². The Morgan fingerprint density at radius 1 is 0.933 bits per heavy atom. The summed E-state index contributed by atoms with van der Waals surface area (Å²) in [6, 6.07) is 6.81. The molecule has 0 N–H and O–H groups in total. The molecule has 1 rings (SSSR count). The lowest BCUT2D eigenvalue weighted by Crippen LogP contribution is -1.84. The molecule has 0 atom stereocenters. The van der Waals surface area contributed by atoms with E-state index < -0.39 is 0 Å². The molecule has 2 heteroatoms. The minimum absolute atomic E-state index is 1.22. The first kappa shape index (κ1) is 13.0. The third-order valence-electron chi connectivity index (χ3n) is 2.02. The zero-order valence-corrected chi connectivity index (χ0v) is 11.5. The van der Waals surface area contributed by atoms with Crippen LogP contribution in [0.25, 0.3) is 0 Å². The Balaban J connectivity index is 2.73. The molecule has 1 aromatic rings. The van der Waals surface area contributed by atoms with Gasteiger partial charge in [0, 0.05) is 9.79 Å². The maximum absolute atomic E-state index is 2.32. The van der Waals surface area contributed by atoms with Gasteiger partial charge in [-0.1, -0.05) is 19.9 Å². The lowest BCUT2D eigenvalue weighted by Gasteiger charge is -2.08. The molecule has 0 aromatic heterocycles. The predicted octanol–water partition coefficient (Wildman–Crippen LogP) is 5.00. The van der Waals surface area contributed by atoms with Gasteiger partial charge in [-0.15, -0.1) is 23.5 Å². The normalized spacial score (nSPS) is 10.6. The van der Waals surface area contributed by atoms with Crippen LogP contribution in [0.4, 0.5) is 0 Å². The highest BCUT2D eigenvalue weighted by atomic mass is 32.2. The van der Waals surface area contributed by atoms with Crippen molar-refractivity contribution in [3.8, 4) is 0 Å². The maximum atomic E-state index is 2.32. The summed E-state index contributed by atoms with van der Waals surface area (Å²) in [5.74, 6) is 2.45. The van der Waals surface area contributed by atoms with Crippen LogP contribution >= 0.6 is 23.5 Å². The van der Waals surface area contributed by atoms with E-state index in [1.807, 2.05) is 23.5 Å². The van der Waals surface area contributed by atoms with E-state index in [0.717, 1.165) is 0 Å². The molecule has 0 nitrogen and oxygen atoms in total. The smallest absolute Gasteiger partial charge is 0.0211 e. The van der Waals surface area contributed by atoms with Gasteiger partial charge in [0.25, 0.3) is 0 Å². The molecule has 0 radical (unpaired) electrons. The Kier molecular flexibility index (Phi) is 6.26. The number of aryl methyl sites for hydroxylation is 1. The topological polar surface area (TPSA) is 0 Å². The van der Waals surface area contributed by atoms with Crippen molar-refractivity contribution in [3.63, 3.8) is 0 Å². The predicted molar refractivity (Wildman–Crippen MR) is 73.2 cm³/mol. The minimum Gasteiger partial charge on any atom is -0.125 e.